The molecule has 0 bridgehead atoms. The van der Waals surface area contributed by atoms with Crippen molar-refractivity contribution in [3.05, 3.63) is 48.3 Å². The number of rotatable bonds is 4. The maximum atomic E-state index is 12.4. The molecule has 0 atom stereocenters. The minimum Gasteiger partial charge on any atom is -0.341 e. The van der Waals surface area contributed by atoms with E-state index < -0.39 is 0 Å². The van der Waals surface area contributed by atoms with Crippen LogP contribution in [0.3, 0.4) is 0 Å². The van der Waals surface area contributed by atoms with Crippen LogP contribution in [-0.2, 0) is 24.2 Å². The molecule has 1 aromatic carbocycles. The number of amides is 1. The second-order valence-corrected chi connectivity index (χ2v) is 7.32. The molecule has 1 aliphatic rings. The molecule has 142 valence electrons. The van der Waals surface area contributed by atoms with Gasteiger partial charge in [-0.1, -0.05) is 6.42 Å². The van der Waals surface area contributed by atoms with E-state index in [1.165, 1.54) is 19.3 Å². The molecule has 0 unspecified atom stereocenters. The van der Waals surface area contributed by atoms with Crippen LogP contribution in [0, 0.1) is 0 Å². The first-order valence-corrected chi connectivity index (χ1v) is 9.84. The molecule has 3 aromatic heterocycles. The number of imidazole rings is 2. The summed E-state index contributed by atoms with van der Waals surface area (Å²) in [6.07, 6.45) is 9.08. The second-order valence-electron chi connectivity index (χ2n) is 7.32. The van der Waals surface area contributed by atoms with E-state index in [9.17, 15) is 4.79 Å². The molecular weight excluding hydrogens is 352 g/mol. The average molecular weight is 374 g/mol. The summed E-state index contributed by atoms with van der Waals surface area (Å²) < 4.78 is 2.32. The predicted octanol–water partition coefficient (Wildman–Crippen LogP) is 3.61. The molecule has 1 amide bonds. The van der Waals surface area contributed by atoms with Crippen molar-refractivity contribution in [1.29, 1.82) is 0 Å². The van der Waals surface area contributed by atoms with Gasteiger partial charge in [0.15, 0.2) is 0 Å². The van der Waals surface area contributed by atoms with Crippen LogP contribution in [0.25, 0.3) is 22.1 Å². The number of aromatic amines is 1. The number of nitrogens with zero attached hydrogens (tertiary/aromatic N) is 4. The molecule has 28 heavy (non-hydrogen) atoms. The zero-order valence-corrected chi connectivity index (χ0v) is 15.6. The summed E-state index contributed by atoms with van der Waals surface area (Å²) in [5, 5.41) is 2.99. The molecule has 1 aliphatic heterocycles. The zero-order valence-electron chi connectivity index (χ0n) is 15.6. The van der Waals surface area contributed by atoms with Crippen LogP contribution in [0.2, 0.25) is 0 Å². The summed E-state index contributed by atoms with van der Waals surface area (Å²) in [6, 6.07) is 7.87. The number of aromatic nitrogens is 5. The second kappa shape index (κ2) is 7.07. The highest BCUT2D eigenvalue weighted by Gasteiger charge is 2.14. The number of H-pyrrole nitrogens is 1. The number of fused-ring (bicyclic) bond motifs is 4. The van der Waals surface area contributed by atoms with Crippen LogP contribution in [-0.4, -0.2) is 30.4 Å². The van der Waals surface area contributed by atoms with Crippen molar-refractivity contribution >= 4 is 33.7 Å². The molecule has 4 heterocycles. The monoisotopic (exact) mass is 374 g/mol. The Labute approximate surface area is 162 Å². The molecule has 2 N–H and O–H groups in total. The fourth-order valence-corrected chi connectivity index (χ4v) is 3.91. The van der Waals surface area contributed by atoms with E-state index in [1.807, 2.05) is 18.2 Å². The molecule has 0 spiro atoms. The van der Waals surface area contributed by atoms with E-state index in [2.05, 4.69) is 30.9 Å². The predicted molar refractivity (Wildman–Crippen MR) is 108 cm³/mol. The molecule has 7 heteroatoms. The maximum Gasteiger partial charge on any atom is 0.224 e. The Kier molecular flexibility index (Phi) is 4.27. The molecule has 0 fully saturated rings. The Morgan fingerprint density at radius 1 is 1.14 bits per heavy atom. The topological polar surface area (TPSA) is 88.5 Å². The number of carbonyl (C=O) groups is 1. The summed E-state index contributed by atoms with van der Waals surface area (Å²) >= 11 is 0. The van der Waals surface area contributed by atoms with Crippen LogP contribution < -0.4 is 5.32 Å². The Hall–Kier alpha value is -3.22. The van der Waals surface area contributed by atoms with Gasteiger partial charge < -0.3 is 14.9 Å². The maximum absolute atomic E-state index is 12.4. The normalized spacial score (nSPS) is 14.1. The smallest absolute Gasteiger partial charge is 0.224 e. The molecule has 0 saturated carbocycles. The summed E-state index contributed by atoms with van der Waals surface area (Å²) in [5.41, 5.74) is 4.67. The average Bonchev–Trinajstić information content (AvgIpc) is 3.19. The van der Waals surface area contributed by atoms with Crippen LogP contribution in [0.1, 0.15) is 37.3 Å². The lowest BCUT2D eigenvalue weighted by atomic mass is 10.2. The van der Waals surface area contributed by atoms with Gasteiger partial charge in [-0.25, -0.2) is 9.97 Å². The number of anilines is 1. The molecule has 7 nitrogen and oxygen atoms in total. The zero-order chi connectivity index (χ0) is 18.9. The van der Waals surface area contributed by atoms with Gasteiger partial charge in [-0.05, 0) is 37.1 Å². The van der Waals surface area contributed by atoms with Gasteiger partial charge in [-0.2, -0.15) is 0 Å². The van der Waals surface area contributed by atoms with Gasteiger partial charge in [0, 0.05) is 37.7 Å². The lowest BCUT2D eigenvalue weighted by molar-refractivity contribution is -0.116. The third-order valence-corrected chi connectivity index (χ3v) is 5.31. The number of nitrogens with one attached hydrogen (secondary N) is 2. The van der Waals surface area contributed by atoms with Crippen molar-refractivity contribution in [2.75, 3.05) is 5.32 Å². The number of benzene rings is 1. The van der Waals surface area contributed by atoms with E-state index in [0.717, 1.165) is 52.4 Å². The molecular formula is C21H22N6O. The standard InChI is InChI=1S/C21H22N6O/c28-21(8-7-19-24-15-9-10-22-13-17(15)25-19)23-14-5-6-18-16(12-14)26-20-4-2-1-3-11-27(18)20/h5-6,9-10,12-13H,1-4,7-8,11H2,(H,23,28)(H,24,25). The minimum atomic E-state index is -0.0290. The fraction of sp³-hybridized carbons (Fsp3) is 0.333. The number of hydrogen-bond acceptors (Lipinski definition) is 4. The van der Waals surface area contributed by atoms with E-state index in [0.29, 0.717) is 12.8 Å². The van der Waals surface area contributed by atoms with Crippen molar-refractivity contribution < 1.29 is 4.79 Å². The summed E-state index contributed by atoms with van der Waals surface area (Å²) in [7, 11) is 0. The van der Waals surface area contributed by atoms with E-state index in [1.54, 1.807) is 12.4 Å². The molecule has 4 aromatic rings. The Balaban J connectivity index is 1.27. The van der Waals surface area contributed by atoms with Gasteiger partial charge in [0.05, 0.1) is 28.3 Å². The van der Waals surface area contributed by atoms with Gasteiger partial charge >= 0.3 is 0 Å². The minimum absolute atomic E-state index is 0.0290. The van der Waals surface area contributed by atoms with Crippen molar-refractivity contribution in [2.24, 2.45) is 0 Å². The third kappa shape index (κ3) is 3.24. The highest BCUT2D eigenvalue weighted by Crippen LogP contribution is 2.24. The first-order chi connectivity index (χ1) is 13.8. The fourth-order valence-electron chi connectivity index (χ4n) is 3.91. The largest absolute Gasteiger partial charge is 0.341 e. The first-order valence-electron chi connectivity index (χ1n) is 9.84. The van der Waals surface area contributed by atoms with Gasteiger partial charge in [0.2, 0.25) is 5.91 Å². The van der Waals surface area contributed by atoms with Gasteiger partial charge in [0.1, 0.15) is 11.6 Å². The SMILES string of the molecule is O=C(CCc1nc2ccncc2[nH]1)Nc1ccc2c(c1)nc1n2CCCCC1. The van der Waals surface area contributed by atoms with E-state index >= 15 is 0 Å². The number of carbonyl (C=O) groups excluding carboxylic acids is 1. The third-order valence-electron chi connectivity index (χ3n) is 5.31. The van der Waals surface area contributed by atoms with Crippen LogP contribution in [0.15, 0.2) is 36.7 Å². The Morgan fingerprint density at radius 2 is 2.11 bits per heavy atom. The Morgan fingerprint density at radius 3 is 3.04 bits per heavy atom. The highest BCUT2D eigenvalue weighted by atomic mass is 16.1. The highest BCUT2D eigenvalue weighted by molar-refractivity contribution is 5.93. The van der Waals surface area contributed by atoms with Gasteiger partial charge in [-0.15, -0.1) is 0 Å². The lowest BCUT2D eigenvalue weighted by Crippen LogP contribution is -2.12. The van der Waals surface area contributed by atoms with Crippen molar-refractivity contribution in [3.63, 3.8) is 0 Å². The van der Waals surface area contributed by atoms with Crippen molar-refractivity contribution in [3.8, 4) is 0 Å². The molecule has 0 saturated heterocycles. The van der Waals surface area contributed by atoms with Crippen molar-refractivity contribution in [2.45, 2.75) is 45.1 Å². The van der Waals surface area contributed by atoms with Gasteiger partial charge in [-0.3, -0.25) is 9.78 Å². The quantitative estimate of drug-likeness (QED) is 0.571. The number of hydrogen-bond donors (Lipinski definition) is 2. The van der Waals surface area contributed by atoms with E-state index in [-0.39, 0.29) is 5.91 Å². The van der Waals surface area contributed by atoms with Crippen LogP contribution in [0.4, 0.5) is 5.69 Å². The number of pyridine rings is 1. The molecule has 0 radical (unpaired) electrons. The van der Waals surface area contributed by atoms with Gasteiger partial charge in [0.25, 0.3) is 0 Å². The Bertz CT molecular complexity index is 1130. The summed E-state index contributed by atoms with van der Waals surface area (Å²) in [4.78, 5) is 28.9. The lowest BCUT2D eigenvalue weighted by Gasteiger charge is -2.06. The molecule has 5 rings (SSSR count). The number of aryl methyl sites for hydroxylation is 3. The summed E-state index contributed by atoms with van der Waals surface area (Å²) in [5.74, 6) is 1.93. The first kappa shape index (κ1) is 16.9. The van der Waals surface area contributed by atoms with E-state index in [4.69, 9.17) is 4.98 Å². The van der Waals surface area contributed by atoms with Crippen LogP contribution in [0.5, 0.6) is 0 Å². The van der Waals surface area contributed by atoms with Crippen LogP contribution >= 0.6 is 0 Å². The summed E-state index contributed by atoms with van der Waals surface area (Å²) in [6.45, 7) is 1.03. The van der Waals surface area contributed by atoms with Crippen molar-refractivity contribution in [1.82, 2.24) is 24.5 Å². The molecule has 0 aliphatic carbocycles.